The van der Waals surface area contributed by atoms with Gasteiger partial charge in [0.25, 0.3) is 0 Å². The van der Waals surface area contributed by atoms with Gasteiger partial charge in [-0.25, -0.2) is 0 Å². The predicted octanol–water partition coefficient (Wildman–Crippen LogP) is 2.12. The number of hydrogen-bond donors (Lipinski definition) is 3. The summed E-state index contributed by atoms with van der Waals surface area (Å²) in [6, 6.07) is 0.618. The number of nitrogens with zero attached hydrogens (tertiary/aromatic N) is 1. The zero-order chi connectivity index (χ0) is 15.1. The van der Waals surface area contributed by atoms with Crippen LogP contribution in [-0.2, 0) is 4.79 Å². The Morgan fingerprint density at radius 2 is 1.76 bits per heavy atom. The zero-order valence-corrected chi connectivity index (χ0v) is 16.2. The fourth-order valence-corrected chi connectivity index (χ4v) is 2.99. The van der Waals surface area contributed by atoms with E-state index < -0.39 is 0 Å². The Bertz CT molecular complexity index is 337. The molecule has 1 fully saturated rings. The minimum absolute atomic E-state index is 0. The third-order valence-electron chi connectivity index (χ3n) is 3.61. The lowest BCUT2D eigenvalue weighted by molar-refractivity contribution is -0.120. The van der Waals surface area contributed by atoms with Crippen LogP contribution in [-0.4, -0.2) is 37.5 Å². The van der Waals surface area contributed by atoms with E-state index >= 15 is 0 Å². The molecular weight excluding hydrogens is 379 g/mol. The van der Waals surface area contributed by atoms with Crippen molar-refractivity contribution in [3.05, 3.63) is 0 Å². The molecular formula is C15H31IN4O. The van der Waals surface area contributed by atoms with E-state index in [0.29, 0.717) is 6.04 Å². The van der Waals surface area contributed by atoms with Gasteiger partial charge in [-0.2, -0.15) is 0 Å². The molecule has 5 nitrogen and oxygen atoms in total. The number of carbonyl (C=O) groups is 1. The van der Waals surface area contributed by atoms with Crippen LogP contribution in [0.25, 0.3) is 0 Å². The Morgan fingerprint density at radius 3 is 2.24 bits per heavy atom. The number of halogens is 1. The van der Waals surface area contributed by atoms with Crippen molar-refractivity contribution in [3.8, 4) is 0 Å². The number of nitrogens with one attached hydrogen (secondary N) is 3. The van der Waals surface area contributed by atoms with Gasteiger partial charge < -0.3 is 16.0 Å². The molecule has 1 rings (SSSR count). The minimum atomic E-state index is -0.00618. The second-order valence-corrected chi connectivity index (χ2v) is 6.41. The third-order valence-corrected chi connectivity index (χ3v) is 3.61. The Hall–Kier alpha value is -0.530. The number of carbonyl (C=O) groups excluding carboxylic acids is 1. The molecule has 0 saturated heterocycles. The maximum Gasteiger partial charge on any atom is 0.239 e. The highest BCUT2D eigenvalue weighted by Gasteiger charge is 2.24. The van der Waals surface area contributed by atoms with E-state index in [0.717, 1.165) is 17.8 Å². The molecule has 0 heterocycles. The van der Waals surface area contributed by atoms with Crippen molar-refractivity contribution in [2.45, 2.75) is 59.0 Å². The van der Waals surface area contributed by atoms with Gasteiger partial charge in [0.15, 0.2) is 5.96 Å². The van der Waals surface area contributed by atoms with Crippen molar-refractivity contribution >= 4 is 35.8 Å². The van der Waals surface area contributed by atoms with Crippen LogP contribution >= 0.6 is 24.0 Å². The van der Waals surface area contributed by atoms with Gasteiger partial charge in [0.05, 0.1) is 6.54 Å². The van der Waals surface area contributed by atoms with E-state index in [-0.39, 0.29) is 42.5 Å². The van der Waals surface area contributed by atoms with E-state index in [4.69, 9.17) is 0 Å². The smallest absolute Gasteiger partial charge is 0.239 e. The molecule has 1 amide bonds. The van der Waals surface area contributed by atoms with Crippen LogP contribution in [0.1, 0.15) is 47.0 Å². The molecule has 2 atom stereocenters. The number of guanidine groups is 1. The normalized spacial score (nSPS) is 26.0. The molecule has 124 valence electrons. The van der Waals surface area contributed by atoms with Gasteiger partial charge in [0.1, 0.15) is 0 Å². The summed E-state index contributed by atoms with van der Waals surface area (Å²) < 4.78 is 0. The Kier molecular flexibility index (Phi) is 9.98. The summed E-state index contributed by atoms with van der Waals surface area (Å²) in [6.45, 7) is 8.77. The van der Waals surface area contributed by atoms with E-state index in [1.54, 1.807) is 7.05 Å². The lowest BCUT2D eigenvalue weighted by atomic mass is 9.80. The first kappa shape index (κ1) is 20.5. The van der Waals surface area contributed by atoms with E-state index in [9.17, 15) is 4.79 Å². The molecule has 0 aromatic rings. The van der Waals surface area contributed by atoms with Crippen LogP contribution in [0.5, 0.6) is 0 Å². The van der Waals surface area contributed by atoms with Crippen molar-refractivity contribution < 1.29 is 4.79 Å². The summed E-state index contributed by atoms with van der Waals surface area (Å²) in [5.74, 6) is 2.21. The highest BCUT2D eigenvalue weighted by Crippen LogP contribution is 2.28. The molecule has 1 aliphatic carbocycles. The highest BCUT2D eigenvalue weighted by molar-refractivity contribution is 14.0. The predicted molar refractivity (Wildman–Crippen MR) is 99.2 cm³/mol. The minimum Gasteiger partial charge on any atom is -0.354 e. The van der Waals surface area contributed by atoms with E-state index in [1.807, 2.05) is 13.8 Å². The number of hydrogen-bond acceptors (Lipinski definition) is 2. The summed E-state index contributed by atoms with van der Waals surface area (Å²) in [4.78, 5) is 15.8. The number of amides is 1. The maximum absolute atomic E-state index is 11.6. The van der Waals surface area contributed by atoms with Crippen molar-refractivity contribution in [3.63, 3.8) is 0 Å². The molecule has 1 aliphatic rings. The average molecular weight is 410 g/mol. The molecule has 1 saturated carbocycles. The summed E-state index contributed by atoms with van der Waals surface area (Å²) >= 11 is 0. The second-order valence-electron chi connectivity index (χ2n) is 6.41. The van der Waals surface area contributed by atoms with Gasteiger partial charge in [0.2, 0.25) is 5.91 Å². The Labute approximate surface area is 146 Å². The van der Waals surface area contributed by atoms with Crippen molar-refractivity contribution in [2.75, 3.05) is 13.6 Å². The molecule has 2 unspecified atom stereocenters. The maximum atomic E-state index is 11.6. The molecule has 21 heavy (non-hydrogen) atoms. The van der Waals surface area contributed by atoms with Crippen LogP contribution in [0.4, 0.5) is 0 Å². The van der Waals surface area contributed by atoms with Gasteiger partial charge >= 0.3 is 0 Å². The van der Waals surface area contributed by atoms with Crippen LogP contribution < -0.4 is 16.0 Å². The summed E-state index contributed by atoms with van der Waals surface area (Å²) in [5.41, 5.74) is 0. The van der Waals surface area contributed by atoms with Gasteiger partial charge in [-0.3, -0.25) is 9.79 Å². The fraction of sp³-hybridized carbons (Fsp3) is 0.867. The molecule has 0 bridgehead atoms. The second kappa shape index (κ2) is 10.2. The van der Waals surface area contributed by atoms with Gasteiger partial charge in [-0.1, -0.05) is 13.8 Å². The standard InChI is InChI=1S/C15H30N4O.HI/c1-10(2)18-14(20)9-17-15(16-5)19-13-7-11(3)6-12(4)8-13;/h10-13H,6-9H2,1-5H3,(H,18,20)(H2,16,17,19);1H. The summed E-state index contributed by atoms with van der Waals surface area (Å²) in [5, 5.41) is 9.37. The number of rotatable bonds is 4. The lowest BCUT2D eigenvalue weighted by Gasteiger charge is -2.32. The molecule has 3 N–H and O–H groups in total. The average Bonchev–Trinajstić information content (AvgIpc) is 2.32. The number of aliphatic imine (C=N–C) groups is 1. The zero-order valence-electron chi connectivity index (χ0n) is 13.9. The van der Waals surface area contributed by atoms with Gasteiger partial charge in [-0.05, 0) is 44.9 Å². The van der Waals surface area contributed by atoms with Crippen molar-refractivity contribution in [2.24, 2.45) is 16.8 Å². The molecule has 0 aromatic carbocycles. The molecule has 0 aromatic heterocycles. The molecule has 0 spiro atoms. The van der Waals surface area contributed by atoms with Gasteiger partial charge in [0, 0.05) is 19.1 Å². The first-order valence-corrected chi connectivity index (χ1v) is 7.67. The largest absolute Gasteiger partial charge is 0.354 e. The van der Waals surface area contributed by atoms with Gasteiger partial charge in [-0.15, -0.1) is 24.0 Å². The molecule has 0 aliphatic heterocycles. The summed E-state index contributed by atoms with van der Waals surface area (Å²) in [6.07, 6.45) is 3.65. The molecule has 0 radical (unpaired) electrons. The van der Waals surface area contributed by atoms with E-state index in [2.05, 4.69) is 34.8 Å². The highest BCUT2D eigenvalue weighted by atomic mass is 127. The van der Waals surface area contributed by atoms with E-state index in [1.165, 1.54) is 19.3 Å². The van der Waals surface area contributed by atoms with Crippen LogP contribution in [0, 0.1) is 11.8 Å². The monoisotopic (exact) mass is 410 g/mol. The first-order chi connectivity index (χ1) is 9.40. The third kappa shape index (κ3) is 8.48. The SMILES string of the molecule is CN=C(NCC(=O)NC(C)C)NC1CC(C)CC(C)C1.I. The quantitative estimate of drug-likeness (QED) is 0.378. The lowest BCUT2D eigenvalue weighted by Crippen LogP contribution is -2.49. The fourth-order valence-electron chi connectivity index (χ4n) is 2.99. The van der Waals surface area contributed by atoms with Crippen LogP contribution in [0.2, 0.25) is 0 Å². The Balaban J connectivity index is 0.00000400. The van der Waals surface area contributed by atoms with Crippen LogP contribution in [0.15, 0.2) is 4.99 Å². The van der Waals surface area contributed by atoms with Crippen LogP contribution in [0.3, 0.4) is 0 Å². The first-order valence-electron chi connectivity index (χ1n) is 7.67. The van der Waals surface area contributed by atoms with Crippen molar-refractivity contribution in [1.29, 1.82) is 0 Å². The van der Waals surface area contributed by atoms with Crippen molar-refractivity contribution in [1.82, 2.24) is 16.0 Å². The topological polar surface area (TPSA) is 65.5 Å². The molecule has 6 heteroatoms. The summed E-state index contributed by atoms with van der Waals surface area (Å²) in [7, 11) is 1.74. The Morgan fingerprint density at radius 1 is 1.19 bits per heavy atom.